The number of nitrogens with one attached hydrogen (secondary N) is 2. The molecule has 1 aliphatic heterocycles. The third-order valence-corrected chi connectivity index (χ3v) is 3.29. The van der Waals surface area contributed by atoms with Crippen molar-refractivity contribution in [2.24, 2.45) is 0 Å². The van der Waals surface area contributed by atoms with Crippen LogP contribution in [0, 0.1) is 13.8 Å². The zero-order valence-electron chi connectivity index (χ0n) is 9.68. The number of fused-ring (bicyclic) bond motifs is 3. The molecule has 16 heavy (non-hydrogen) atoms. The molecule has 1 aromatic heterocycles. The number of aromatic nitrogens is 1. The van der Waals surface area contributed by atoms with Crippen LogP contribution < -0.4 is 5.32 Å². The molecule has 2 N–H and O–H groups in total. The highest BCUT2D eigenvalue weighted by Crippen LogP contribution is 2.28. The fraction of sp³-hybridized carbons (Fsp3) is 0.385. The summed E-state index contributed by atoms with van der Waals surface area (Å²) in [5.74, 6) is 0. The van der Waals surface area contributed by atoms with Crippen LogP contribution in [0.25, 0.3) is 10.9 Å². The first-order valence-corrected chi connectivity index (χ1v) is 5.57. The number of H-pyrrole nitrogens is 1. The lowest BCUT2D eigenvalue weighted by atomic mass is 10.0. The number of halogens is 1. The maximum Gasteiger partial charge on any atom is 0.0464 e. The summed E-state index contributed by atoms with van der Waals surface area (Å²) in [4.78, 5) is 3.56. The van der Waals surface area contributed by atoms with Crippen LogP contribution in [-0.2, 0) is 13.0 Å². The average molecular weight is 237 g/mol. The molecule has 0 bridgehead atoms. The van der Waals surface area contributed by atoms with Crippen molar-refractivity contribution in [2.75, 3.05) is 6.54 Å². The van der Waals surface area contributed by atoms with Gasteiger partial charge in [0, 0.05) is 36.1 Å². The Labute approximate surface area is 102 Å². The Bertz CT molecular complexity index is 528. The molecule has 0 radical (unpaired) electrons. The van der Waals surface area contributed by atoms with E-state index >= 15 is 0 Å². The van der Waals surface area contributed by atoms with Crippen LogP contribution in [0.2, 0.25) is 0 Å². The van der Waals surface area contributed by atoms with Gasteiger partial charge in [0.05, 0.1) is 0 Å². The normalized spacial score (nSPS) is 14.6. The highest BCUT2D eigenvalue weighted by Gasteiger charge is 2.16. The molecule has 0 spiro atoms. The molecule has 0 amide bonds. The smallest absolute Gasteiger partial charge is 0.0464 e. The summed E-state index contributed by atoms with van der Waals surface area (Å²) in [5.41, 5.74) is 6.95. The van der Waals surface area contributed by atoms with E-state index in [0.29, 0.717) is 0 Å². The van der Waals surface area contributed by atoms with Gasteiger partial charge in [0.2, 0.25) is 0 Å². The van der Waals surface area contributed by atoms with Gasteiger partial charge in [-0.1, -0.05) is 6.07 Å². The molecular formula is C13H17ClN2. The Morgan fingerprint density at radius 2 is 2.00 bits per heavy atom. The van der Waals surface area contributed by atoms with Gasteiger partial charge in [0.1, 0.15) is 0 Å². The summed E-state index contributed by atoms with van der Waals surface area (Å²) in [6, 6.07) is 4.52. The van der Waals surface area contributed by atoms with Gasteiger partial charge in [-0.15, -0.1) is 12.4 Å². The van der Waals surface area contributed by atoms with Crippen LogP contribution in [0.5, 0.6) is 0 Å². The molecular weight excluding hydrogens is 220 g/mol. The Morgan fingerprint density at radius 3 is 2.81 bits per heavy atom. The third kappa shape index (κ3) is 1.62. The Hall–Kier alpha value is -0.990. The zero-order valence-corrected chi connectivity index (χ0v) is 10.5. The molecule has 0 unspecified atom stereocenters. The quantitative estimate of drug-likeness (QED) is 0.723. The van der Waals surface area contributed by atoms with Crippen molar-refractivity contribution >= 4 is 23.3 Å². The monoisotopic (exact) mass is 236 g/mol. The minimum absolute atomic E-state index is 0. The van der Waals surface area contributed by atoms with E-state index in [1.807, 2.05) is 0 Å². The van der Waals surface area contributed by atoms with Gasteiger partial charge in [-0.25, -0.2) is 0 Å². The van der Waals surface area contributed by atoms with Crippen molar-refractivity contribution in [1.82, 2.24) is 10.3 Å². The first kappa shape index (κ1) is 11.5. The maximum atomic E-state index is 3.56. The van der Waals surface area contributed by atoms with E-state index in [9.17, 15) is 0 Å². The summed E-state index contributed by atoms with van der Waals surface area (Å²) < 4.78 is 0. The molecule has 0 saturated carbocycles. The lowest BCUT2D eigenvalue weighted by Gasteiger charge is -2.13. The summed E-state index contributed by atoms with van der Waals surface area (Å²) >= 11 is 0. The van der Waals surface area contributed by atoms with Gasteiger partial charge < -0.3 is 10.3 Å². The zero-order chi connectivity index (χ0) is 10.4. The SMILES string of the molecule is Cc1cc(C)c2c3c([nH]c2c1)CCNC3.Cl. The molecule has 3 rings (SSSR count). The number of aryl methyl sites for hydroxylation is 2. The lowest BCUT2D eigenvalue weighted by molar-refractivity contribution is 0.640. The average Bonchev–Trinajstić information content (AvgIpc) is 2.54. The van der Waals surface area contributed by atoms with Crippen LogP contribution in [0.1, 0.15) is 22.4 Å². The van der Waals surface area contributed by atoms with E-state index in [1.54, 1.807) is 0 Å². The van der Waals surface area contributed by atoms with Gasteiger partial charge in [0.15, 0.2) is 0 Å². The van der Waals surface area contributed by atoms with E-state index in [-0.39, 0.29) is 12.4 Å². The van der Waals surface area contributed by atoms with Crippen molar-refractivity contribution in [3.8, 4) is 0 Å². The van der Waals surface area contributed by atoms with Crippen LogP contribution in [-0.4, -0.2) is 11.5 Å². The van der Waals surface area contributed by atoms with E-state index in [2.05, 4.69) is 36.3 Å². The molecule has 86 valence electrons. The molecule has 0 aliphatic carbocycles. The molecule has 0 atom stereocenters. The van der Waals surface area contributed by atoms with Crippen molar-refractivity contribution in [3.63, 3.8) is 0 Å². The standard InChI is InChI=1S/C13H16N2.ClH/c1-8-5-9(2)13-10-7-14-4-3-11(10)15-12(13)6-8;/h5-6,14-15H,3-4,7H2,1-2H3;1H. The van der Waals surface area contributed by atoms with E-state index < -0.39 is 0 Å². The summed E-state index contributed by atoms with van der Waals surface area (Å²) in [6.45, 7) is 6.47. The number of rotatable bonds is 0. The molecule has 0 saturated heterocycles. The fourth-order valence-corrected chi connectivity index (χ4v) is 2.69. The van der Waals surface area contributed by atoms with Crippen LogP contribution >= 0.6 is 12.4 Å². The van der Waals surface area contributed by atoms with Crippen molar-refractivity contribution < 1.29 is 0 Å². The molecule has 2 aromatic rings. The first-order chi connectivity index (χ1) is 7.25. The van der Waals surface area contributed by atoms with Gasteiger partial charge in [0.25, 0.3) is 0 Å². The van der Waals surface area contributed by atoms with Crippen molar-refractivity contribution in [2.45, 2.75) is 26.8 Å². The molecule has 2 nitrogen and oxygen atoms in total. The number of hydrogen-bond acceptors (Lipinski definition) is 1. The molecule has 2 heterocycles. The predicted octanol–water partition coefficient (Wildman–Crippen LogP) is 2.85. The second kappa shape index (κ2) is 4.11. The molecule has 1 aromatic carbocycles. The van der Waals surface area contributed by atoms with Gasteiger partial charge >= 0.3 is 0 Å². The second-order valence-corrected chi connectivity index (χ2v) is 4.51. The molecule has 3 heteroatoms. The van der Waals surface area contributed by atoms with Crippen LogP contribution in [0.15, 0.2) is 12.1 Å². The van der Waals surface area contributed by atoms with Crippen molar-refractivity contribution in [3.05, 3.63) is 34.5 Å². The number of benzene rings is 1. The minimum Gasteiger partial charge on any atom is -0.358 e. The van der Waals surface area contributed by atoms with E-state index in [1.165, 1.54) is 33.3 Å². The number of hydrogen-bond donors (Lipinski definition) is 2. The predicted molar refractivity (Wildman–Crippen MR) is 70.4 cm³/mol. The molecule has 0 fully saturated rings. The topological polar surface area (TPSA) is 27.8 Å². The number of aromatic amines is 1. The highest BCUT2D eigenvalue weighted by molar-refractivity contribution is 5.88. The summed E-state index contributed by atoms with van der Waals surface area (Å²) in [6.07, 6.45) is 1.13. The Balaban J connectivity index is 0.000000963. The van der Waals surface area contributed by atoms with Crippen LogP contribution in [0.3, 0.4) is 0 Å². The fourth-order valence-electron chi connectivity index (χ4n) is 2.69. The van der Waals surface area contributed by atoms with Crippen LogP contribution in [0.4, 0.5) is 0 Å². The van der Waals surface area contributed by atoms with E-state index in [0.717, 1.165) is 19.5 Å². The first-order valence-electron chi connectivity index (χ1n) is 5.57. The second-order valence-electron chi connectivity index (χ2n) is 4.51. The summed E-state index contributed by atoms with van der Waals surface area (Å²) in [7, 11) is 0. The summed E-state index contributed by atoms with van der Waals surface area (Å²) in [5, 5.41) is 4.87. The third-order valence-electron chi connectivity index (χ3n) is 3.29. The minimum atomic E-state index is 0. The van der Waals surface area contributed by atoms with Crippen molar-refractivity contribution in [1.29, 1.82) is 0 Å². The lowest BCUT2D eigenvalue weighted by Crippen LogP contribution is -2.23. The van der Waals surface area contributed by atoms with Gasteiger partial charge in [-0.3, -0.25) is 0 Å². The Morgan fingerprint density at radius 1 is 1.19 bits per heavy atom. The highest BCUT2D eigenvalue weighted by atomic mass is 35.5. The van der Waals surface area contributed by atoms with Gasteiger partial charge in [-0.05, 0) is 36.6 Å². The molecule has 1 aliphatic rings. The Kier molecular flexibility index (Phi) is 2.96. The maximum absolute atomic E-state index is 3.56. The largest absolute Gasteiger partial charge is 0.358 e. The van der Waals surface area contributed by atoms with E-state index in [4.69, 9.17) is 0 Å². The van der Waals surface area contributed by atoms with Gasteiger partial charge in [-0.2, -0.15) is 0 Å².